The molecule has 3 unspecified atom stereocenters. The molecular weight excluding hydrogens is 835 g/mol. The third kappa shape index (κ3) is 28.9. The molecule has 10 atom stereocenters. The standard InChI is InChI=1S/C47H81O15P/c1-3-5-7-9-11-13-15-17-18-19-21-23-25-27-29-33-40(50)59-35-37(36-60-63(57,58)62-47-45(55)43(53)42(52)44(54)46(47)56)61-41(51)34-30-32-39(49)38(48)31-28-26-24-22-20-16-14-12-10-8-6-4-2/h6,8,12-15,20,22,26,28,37-39,42-49,52-56H,3-5,7,9-11,16-19,21,23-25,27,29-36H2,1-2H3,(H,57,58)/b8-6-,14-12-,15-13-,22-20-,28-26-/t37-,38-,39-,42?,43-,44+,45-,46-,47?/m1/s1. The van der Waals surface area contributed by atoms with Gasteiger partial charge >= 0.3 is 19.8 Å². The molecule has 0 bridgehead atoms. The predicted octanol–water partition coefficient (Wildman–Crippen LogP) is 6.89. The Morgan fingerprint density at radius 3 is 1.63 bits per heavy atom. The molecule has 364 valence electrons. The molecule has 1 aliphatic carbocycles. The fourth-order valence-electron chi connectivity index (χ4n) is 6.66. The second-order valence-corrected chi connectivity index (χ2v) is 17.6. The van der Waals surface area contributed by atoms with Gasteiger partial charge in [-0.2, -0.15) is 0 Å². The lowest BCUT2D eigenvalue weighted by Crippen LogP contribution is -2.64. The second-order valence-electron chi connectivity index (χ2n) is 16.2. The van der Waals surface area contributed by atoms with Crippen LogP contribution in [0.4, 0.5) is 0 Å². The Bertz CT molecular complexity index is 1370. The number of allylic oxidation sites excluding steroid dienone is 9. The SMILES string of the molecule is CC/C=C\C/C=C\C/C=C\C/C=C\C[C@@H](O)[C@H](O)CCCC(=O)O[C@H](COC(=O)CCCCCCCCC/C=C\CCCCCC)COP(=O)(O)OC1[C@H](O)[C@H](O)C(O)[C@H](O)[C@H]1O. The Morgan fingerprint density at radius 2 is 1.06 bits per heavy atom. The fourth-order valence-corrected chi connectivity index (χ4v) is 7.64. The third-order valence-corrected chi connectivity index (χ3v) is 11.5. The van der Waals surface area contributed by atoms with Crippen LogP contribution in [0, 0.1) is 0 Å². The summed E-state index contributed by atoms with van der Waals surface area (Å²) in [5, 5.41) is 71.0. The second kappa shape index (κ2) is 36.7. The summed E-state index contributed by atoms with van der Waals surface area (Å²) >= 11 is 0. The lowest BCUT2D eigenvalue weighted by Gasteiger charge is -2.41. The Labute approximate surface area is 376 Å². The monoisotopic (exact) mass is 917 g/mol. The molecule has 1 rings (SSSR count). The molecule has 16 heteroatoms. The summed E-state index contributed by atoms with van der Waals surface area (Å²) in [4.78, 5) is 35.8. The maximum atomic E-state index is 12.8. The summed E-state index contributed by atoms with van der Waals surface area (Å²) in [5.74, 6) is -1.40. The van der Waals surface area contributed by atoms with Crippen LogP contribution in [0.2, 0.25) is 0 Å². The Morgan fingerprint density at radius 1 is 0.571 bits per heavy atom. The van der Waals surface area contributed by atoms with Crippen LogP contribution >= 0.6 is 7.82 Å². The molecule has 0 aromatic rings. The largest absolute Gasteiger partial charge is 0.472 e. The topological polar surface area (TPSA) is 250 Å². The van der Waals surface area contributed by atoms with Crippen molar-refractivity contribution in [2.45, 2.75) is 210 Å². The molecule has 15 nitrogen and oxygen atoms in total. The lowest BCUT2D eigenvalue weighted by atomic mass is 9.85. The van der Waals surface area contributed by atoms with Gasteiger partial charge in [0.05, 0.1) is 18.8 Å². The number of unbranched alkanes of at least 4 members (excludes halogenated alkanes) is 11. The van der Waals surface area contributed by atoms with Gasteiger partial charge in [-0.3, -0.25) is 18.6 Å². The molecular formula is C47H81O15P. The number of hydrogen-bond acceptors (Lipinski definition) is 14. The van der Waals surface area contributed by atoms with Crippen molar-refractivity contribution in [3.8, 4) is 0 Å². The van der Waals surface area contributed by atoms with Crippen molar-refractivity contribution in [2.24, 2.45) is 0 Å². The van der Waals surface area contributed by atoms with Crippen molar-refractivity contribution < 1.29 is 73.3 Å². The van der Waals surface area contributed by atoms with Crippen LogP contribution in [0.25, 0.3) is 0 Å². The summed E-state index contributed by atoms with van der Waals surface area (Å²) in [5.41, 5.74) is 0. The molecule has 0 aliphatic heterocycles. The molecule has 0 spiro atoms. The molecule has 0 aromatic heterocycles. The summed E-state index contributed by atoms with van der Waals surface area (Å²) in [7, 11) is -5.20. The maximum Gasteiger partial charge on any atom is 0.472 e. The number of esters is 2. The van der Waals surface area contributed by atoms with E-state index in [-0.39, 0.29) is 32.1 Å². The van der Waals surface area contributed by atoms with Crippen molar-refractivity contribution in [3.05, 3.63) is 60.8 Å². The van der Waals surface area contributed by atoms with Crippen LogP contribution in [-0.4, -0.2) is 121 Å². The van der Waals surface area contributed by atoms with Crippen molar-refractivity contribution >= 4 is 19.8 Å². The smallest absolute Gasteiger partial charge is 0.462 e. The van der Waals surface area contributed by atoms with E-state index in [1.54, 1.807) is 6.08 Å². The number of rotatable bonds is 37. The number of phosphoric ester groups is 1. The highest BCUT2D eigenvalue weighted by Gasteiger charge is 2.51. The van der Waals surface area contributed by atoms with E-state index in [0.29, 0.717) is 12.8 Å². The summed E-state index contributed by atoms with van der Waals surface area (Å²) in [6.07, 6.45) is 22.8. The number of hydrogen-bond donors (Lipinski definition) is 8. The average molecular weight is 917 g/mol. The Hall–Kier alpha value is -2.53. The molecule has 0 amide bonds. The first-order chi connectivity index (χ1) is 30.2. The number of carbonyl (C=O) groups excluding carboxylic acids is 2. The van der Waals surface area contributed by atoms with E-state index in [0.717, 1.165) is 70.6 Å². The minimum atomic E-state index is -5.20. The minimum absolute atomic E-state index is 0.0641. The molecule has 1 aliphatic rings. The normalized spacial score (nSPS) is 23.3. The van der Waals surface area contributed by atoms with Gasteiger partial charge in [0.1, 0.15) is 43.2 Å². The van der Waals surface area contributed by atoms with Crippen molar-refractivity contribution in [3.63, 3.8) is 0 Å². The highest BCUT2D eigenvalue weighted by atomic mass is 31.2. The van der Waals surface area contributed by atoms with E-state index in [9.17, 15) is 54.8 Å². The number of aliphatic hydroxyl groups excluding tert-OH is 7. The number of phosphoric acid groups is 1. The molecule has 8 N–H and O–H groups in total. The van der Waals surface area contributed by atoms with Gasteiger partial charge in [0.2, 0.25) is 0 Å². The van der Waals surface area contributed by atoms with Crippen LogP contribution in [0.3, 0.4) is 0 Å². The molecule has 63 heavy (non-hydrogen) atoms. The van der Waals surface area contributed by atoms with E-state index in [1.165, 1.54) is 25.7 Å². The molecule has 1 saturated carbocycles. The van der Waals surface area contributed by atoms with Gasteiger partial charge in [0.25, 0.3) is 0 Å². The van der Waals surface area contributed by atoms with Gasteiger partial charge < -0.3 is 50.1 Å². The minimum Gasteiger partial charge on any atom is -0.462 e. The van der Waals surface area contributed by atoms with Gasteiger partial charge in [0, 0.05) is 12.8 Å². The molecule has 0 radical (unpaired) electrons. The van der Waals surface area contributed by atoms with Crippen molar-refractivity contribution in [2.75, 3.05) is 13.2 Å². The van der Waals surface area contributed by atoms with Gasteiger partial charge in [-0.25, -0.2) is 4.57 Å². The summed E-state index contributed by atoms with van der Waals surface area (Å²) < 4.78 is 33.3. The highest BCUT2D eigenvalue weighted by Crippen LogP contribution is 2.47. The summed E-state index contributed by atoms with van der Waals surface area (Å²) in [6, 6.07) is 0. The molecule has 1 fully saturated rings. The van der Waals surface area contributed by atoms with Crippen molar-refractivity contribution in [1.82, 2.24) is 0 Å². The van der Waals surface area contributed by atoms with Gasteiger partial charge in [0.15, 0.2) is 6.10 Å². The molecule has 0 aromatic carbocycles. The van der Waals surface area contributed by atoms with E-state index in [1.807, 2.05) is 18.2 Å². The van der Waals surface area contributed by atoms with E-state index in [2.05, 4.69) is 50.3 Å². The summed E-state index contributed by atoms with van der Waals surface area (Å²) in [6.45, 7) is 2.91. The Kier molecular flexibility index (Phi) is 34.0. The van der Waals surface area contributed by atoms with Gasteiger partial charge in [-0.05, 0) is 77.0 Å². The first kappa shape index (κ1) is 58.5. The van der Waals surface area contributed by atoms with Gasteiger partial charge in [-0.15, -0.1) is 0 Å². The first-order valence-corrected chi connectivity index (χ1v) is 24.8. The van der Waals surface area contributed by atoms with Gasteiger partial charge in [-0.1, -0.05) is 126 Å². The predicted molar refractivity (Wildman–Crippen MR) is 242 cm³/mol. The number of aliphatic hydroxyl groups is 7. The fraction of sp³-hybridized carbons (Fsp3) is 0.745. The van der Waals surface area contributed by atoms with E-state index in [4.69, 9.17) is 18.5 Å². The zero-order valence-electron chi connectivity index (χ0n) is 37.8. The number of carbonyl (C=O) groups is 2. The lowest BCUT2D eigenvalue weighted by molar-refractivity contribution is -0.220. The van der Waals surface area contributed by atoms with Crippen LogP contribution < -0.4 is 0 Å². The van der Waals surface area contributed by atoms with Crippen LogP contribution in [-0.2, 0) is 32.7 Å². The average Bonchev–Trinajstić information content (AvgIpc) is 3.26. The van der Waals surface area contributed by atoms with E-state index < -0.39 is 87.9 Å². The van der Waals surface area contributed by atoms with E-state index >= 15 is 0 Å². The Balaban J connectivity index is 2.58. The zero-order chi connectivity index (χ0) is 46.7. The van der Waals surface area contributed by atoms with Crippen LogP contribution in [0.15, 0.2) is 60.8 Å². The van der Waals surface area contributed by atoms with Crippen molar-refractivity contribution in [1.29, 1.82) is 0 Å². The number of ether oxygens (including phenoxy) is 2. The van der Waals surface area contributed by atoms with Crippen LogP contribution in [0.1, 0.15) is 155 Å². The molecule has 0 saturated heterocycles. The highest BCUT2D eigenvalue weighted by molar-refractivity contribution is 7.47. The maximum absolute atomic E-state index is 12.8. The van der Waals surface area contributed by atoms with Crippen LogP contribution in [0.5, 0.6) is 0 Å². The third-order valence-electron chi connectivity index (χ3n) is 10.5. The molecule has 0 heterocycles. The first-order valence-electron chi connectivity index (χ1n) is 23.3. The quantitative estimate of drug-likeness (QED) is 0.0137. The zero-order valence-corrected chi connectivity index (χ0v) is 38.7.